The first kappa shape index (κ1) is 8.16. The van der Waals surface area contributed by atoms with Gasteiger partial charge in [-0.25, -0.2) is 8.60 Å². The maximum atomic E-state index is 12.6. The quantitative estimate of drug-likeness (QED) is 0.494. The fourth-order valence-electron chi connectivity index (χ4n) is 0.616. The van der Waals surface area contributed by atoms with Crippen molar-refractivity contribution in [3.63, 3.8) is 0 Å². The van der Waals surface area contributed by atoms with Crippen molar-refractivity contribution in [2.75, 3.05) is 5.73 Å². The summed E-state index contributed by atoms with van der Waals surface area (Å²) in [6, 6.07) is 3.48. The predicted octanol–water partition coefficient (Wildman–Crippen LogP) is 0.989. The molecule has 3 N–H and O–H groups in total. The van der Waals surface area contributed by atoms with Gasteiger partial charge in [0.25, 0.3) is 0 Å². The fourth-order valence-corrected chi connectivity index (χ4v) is 1.01. The molecule has 0 spiro atoms. The highest BCUT2D eigenvalue weighted by molar-refractivity contribution is 7.79. The van der Waals surface area contributed by atoms with Crippen molar-refractivity contribution in [2.24, 2.45) is 0 Å². The Morgan fingerprint density at radius 1 is 1.55 bits per heavy atom. The van der Waals surface area contributed by atoms with E-state index in [9.17, 15) is 8.60 Å². The zero-order valence-corrected chi connectivity index (χ0v) is 6.27. The lowest BCUT2D eigenvalue weighted by Crippen LogP contribution is -1.94. The molecule has 0 aromatic heterocycles. The van der Waals surface area contributed by atoms with Gasteiger partial charge in [-0.05, 0) is 18.2 Å². The Bertz CT molecular complexity index is 303. The first-order chi connectivity index (χ1) is 5.11. The van der Waals surface area contributed by atoms with E-state index in [4.69, 9.17) is 10.3 Å². The summed E-state index contributed by atoms with van der Waals surface area (Å²) < 4.78 is 31.4. The van der Waals surface area contributed by atoms with Crippen LogP contribution in [0.25, 0.3) is 0 Å². The Balaban J connectivity index is 3.15. The summed E-state index contributed by atoms with van der Waals surface area (Å²) in [6.45, 7) is 0. The highest BCUT2D eigenvalue weighted by Gasteiger charge is 2.03. The van der Waals surface area contributed by atoms with Crippen molar-refractivity contribution in [3.05, 3.63) is 24.0 Å². The normalized spacial score (nSPS) is 12.9. The summed E-state index contributed by atoms with van der Waals surface area (Å²) in [5.41, 5.74) is 5.10. The third-order valence-corrected chi connectivity index (χ3v) is 1.83. The first-order valence-electron chi connectivity index (χ1n) is 2.77. The highest BCUT2D eigenvalue weighted by atomic mass is 32.2. The number of halogens is 1. The van der Waals surface area contributed by atoms with Gasteiger partial charge < -0.3 is 10.3 Å². The molecule has 11 heavy (non-hydrogen) atoms. The van der Waals surface area contributed by atoms with Gasteiger partial charge in [-0.2, -0.15) is 0 Å². The second-order valence-corrected chi connectivity index (χ2v) is 2.90. The Kier molecular flexibility index (Phi) is 2.21. The van der Waals surface area contributed by atoms with E-state index < -0.39 is 16.9 Å². The molecule has 3 nitrogen and oxygen atoms in total. The molecule has 5 heteroatoms. The molecule has 0 saturated heterocycles. The third-order valence-electron chi connectivity index (χ3n) is 1.17. The minimum absolute atomic E-state index is 0.0108. The van der Waals surface area contributed by atoms with Crippen LogP contribution in [0.4, 0.5) is 10.1 Å². The number of hydrogen-bond donors (Lipinski definition) is 2. The number of anilines is 1. The van der Waals surface area contributed by atoms with Crippen LogP contribution in [0.5, 0.6) is 0 Å². The predicted molar refractivity (Wildman–Crippen MR) is 39.8 cm³/mol. The van der Waals surface area contributed by atoms with E-state index in [1.54, 1.807) is 0 Å². The van der Waals surface area contributed by atoms with Crippen LogP contribution in [-0.2, 0) is 11.1 Å². The van der Waals surface area contributed by atoms with Crippen molar-refractivity contribution in [1.29, 1.82) is 0 Å². The van der Waals surface area contributed by atoms with Crippen molar-refractivity contribution in [2.45, 2.75) is 4.90 Å². The Morgan fingerprint density at radius 3 is 2.64 bits per heavy atom. The minimum atomic E-state index is -2.14. The molecule has 0 heterocycles. The minimum Gasteiger partial charge on any atom is -0.396 e. The molecule has 0 aliphatic rings. The number of nitrogens with two attached hydrogens (primary N) is 1. The molecular weight excluding hydrogens is 169 g/mol. The van der Waals surface area contributed by atoms with Crippen LogP contribution >= 0.6 is 0 Å². The molecule has 1 atom stereocenters. The molecule has 1 unspecified atom stereocenters. The van der Waals surface area contributed by atoms with Gasteiger partial charge in [-0.15, -0.1) is 0 Å². The van der Waals surface area contributed by atoms with E-state index >= 15 is 0 Å². The molecule has 1 aromatic rings. The van der Waals surface area contributed by atoms with E-state index in [0.717, 1.165) is 6.07 Å². The number of rotatable bonds is 1. The summed E-state index contributed by atoms with van der Waals surface area (Å²) in [5, 5.41) is 0. The highest BCUT2D eigenvalue weighted by Crippen LogP contribution is 2.13. The summed E-state index contributed by atoms with van der Waals surface area (Å²) in [7, 11) is 0. The average Bonchev–Trinajstić information content (AvgIpc) is 1.94. The van der Waals surface area contributed by atoms with Crippen LogP contribution in [0.2, 0.25) is 0 Å². The molecule has 1 aromatic carbocycles. The van der Waals surface area contributed by atoms with Gasteiger partial charge in [-0.3, -0.25) is 0 Å². The van der Waals surface area contributed by atoms with E-state index in [-0.39, 0.29) is 10.6 Å². The topological polar surface area (TPSA) is 63.3 Å². The molecule has 0 saturated carbocycles. The third kappa shape index (κ3) is 1.75. The van der Waals surface area contributed by atoms with Crippen molar-refractivity contribution >= 4 is 16.8 Å². The van der Waals surface area contributed by atoms with Gasteiger partial charge in [0.05, 0.1) is 10.6 Å². The Hall–Kier alpha value is -0.940. The molecule has 0 fully saturated rings. The van der Waals surface area contributed by atoms with Gasteiger partial charge in [0, 0.05) is 0 Å². The second kappa shape index (κ2) is 2.98. The SMILES string of the molecule is Nc1ccc(S(=O)O)cc1F. The van der Waals surface area contributed by atoms with Crippen LogP contribution in [0.1, 0.15) is 0 Å². The van der Waals surface area contributed by atoms with Crippen molar-refractivity contribution in [3.8, 4) is 0 Å². The molecule has 1 rings (SSSR count). The molecule has 0 radical (unpaired) electrons. The van der Waals surface area contributed by atoms with E-state index in [2.05, 4.69) is 0 Å². The van der Waals surface area contributed by atoms with Crippen LogP contribution in [-0.4, -0.2) is 8.76 Å². The summed E-state index contributed by atoms with van der Waals surface area (Å²) >= 11 is -2.14. The van der Waals surface area contributed by atoms with Gasteiger partial charge in [-0.1, -0.05) is 0 Å². The van der Waals surface area contributed by atoms with Gasteiger partial charge in [0.15, 0.2) is 11.1 Å². The van der Waals surface area contributed by atoms with Gasteiger partial charge in [0.1, 0.15) is 5.82 Å². The summed E-state index contributed by atoms with van der Waals surface area (Å²) in [5.74, 6) is -0.676. The van der Waals surface area contributed by atoms with Gasteiger partial charge in [0.2, 0.25) is 0 Å². The van der Waals surface area contributed by atoms with Crippen LogP contribution in [0.15, 0.2) is 23.1 Å². The molecular formula is C6H6FNO2S. The van der Waals surface area contributed by atoms with Crippen LogP contribution in [0.3, 0.4) is 0 Å². The second-order valence-electron chi connectivity index (χ2n) is 1.93. The number of hydrogen-bond acceptors (Lipinski definition) is 2. The number of benzene rings is 1. The van der Waals surface area contributed by atoms with Crippen molar-refractivity contribution in [1.82, 2.24) is 0 Å². The fraction of sp³-hybridized carbons (Fsp3) is 0. The molecule has 60 valence electrons. The van der Waals surface area contributed by atoms with Gasteiger partial charge >= 0.3 is 0 Å². The average molecular weight is 175 g/mol. The van der Waals surface area contributed by atoms with E-state index in [1.165, 1.54) is 12.1 Å². The molecule has 0 aliphatic carbocycles. The lowest BCUT2D eigenvalue weighted by atomic mass is 10.3. The lowest BCUT2D eigenvalue weighted by molar-refractivity contribution is 0.562. The van der Waals surface area contributed by atoms with Crippen LogP contribution < -0.4 is 5.73 Å². The largest absolute Gasteiger partial charge is 0.396 e. The molecule has 0 aliphatic heterocycles. The smallest absolute Gasteiger partial charge is 0.186 e. The van der Waals surface area contributed by atoms with E-state index in [0.29, 0.717) is 0 Å². The standard InChI is InChI=1S/C6H6FNO2S/c7-5-3-4(11(9)10)1-2-6(5)8/h1-3H,8H2,(H,9,10). The Labute approximate surface area is 65.3 Å². The molecule has 0 bridgehead atoms. The maximum Gasteiger partial charge on any atom is 0.186 e. The van der Waals surface area contributed by atoms with Crippen LogP contribution in [0, 0.1) is 5.82 Å². The lowest BCUT2D eigenvalue weighted by Gasteiger charge is -1.97. The number of nitrogen functional groups attached to an aromatic ring is 1. The van der Waals surface area contributed by atoms with E-state index in [1.807, 2.05) is 0 Å². The maximum absolute atomic E-state index is 12.6. The Morgan fingerprint density at radius 2 is 2.18 bits per heavy atom. The molecule has 0 amide bonds. The first-order valence-corrected chi connectivity index (χ1v) is 3.88. The summed E-state index contributed by atoms with van der Waals surface area (Å²) in [6.07, 6.45) is 0. The zero-order valence-electron chi connectivity index (χ0n) is 5.45. The van der Waals surface area contributed by atoms with Crippen molar-refractivity contribution < 1.29 is 13.2 Å². The summed E-state index contributed by atoms with van der Waals surface area (Å²) in [4.78, 5) is 0.0108. The monoisotopic (exact) mass is 175 g/mol. The zero-order chi connectivity index (χ0) is 8.43.